The second kappa shape index (κ2) is 4.49. The molecular formula is C11H16N4O. The van der Waals surface area contributed by atoms with Gasteiger partial charge < -0.3 is 10.3 Å². The number of rotatable bonds is 4. The first-order valence-electron chi connectivity index (χ1n) is 5.49. The van der Waals surface area contributed by atoms with E-state index in [0.717, 1.165) is 19.4 Å². The van der Waals surface area contributed by atoms with Gasteiger partial charge in [-0.15, -0.1) is 0 Å². The molecule has 0 unspecified atom stereocenters. The number of nitrogen functional groups attached to an aromatic ring is 1. The number of nitrogens with one attached hydrogen (secondary N) is 1. The van der Waals surface area contributed by atoms with E-state index in [4.69, 9.17) is 5.84 Å². The normalized spacial score (nSPS) is 14.6. The van der Waals surface area contributed by atoms with Crippen LogP contribution < -0.4 is 11.3 Å². The summed E-state index contributed by atoms with van der Waals surface area (Å²) in [6.07, 6.45) is 5.37. The quantitative estimate of drug-likeness (QED) is 0.586. The monoisotopic (exact) mass is 220 g/mol. The highest BCUT2D eigenvalue weighted by Crippen LogP contribution is 2.28. The van der Waals surface area contributed by atoms with Gasteiger partial charge in [0.1, 0.15) is 0 Å². The first-order valence-corrected chi connectivity index (χ1v) is 5.49. The van der Waals surface area contributed by atoms with Gasteiger partial charge in [0.05, 0.1) is 11.3 Å². The number of hydrazine groups is 1. The van der Waals surface area contributed by atoms with Crippen molar-refractivity contribution in [3.8, 4) is 0 Å². The Bertz CT molecular complexity index is 389. The van der Waals surface area contributed by atoms with E-state index >= 15 is 0 Å². The molecule has 1 heterocycles. The minimum Gasteiger partial charge on any atom is -0.336 e. The molecule has 1 amide bonds. The first-order chi connectivity index (χ1) is 7.77. The van der Waals surface area contributed by atoms with Gasteiger partial charge in [-0.05, 0) is 25.8 Å². The van der Waals surface area contributed by atoms with E-state index in [0.29, 0.717) is 17.3 Å². The predicted molar refractivity (Wildman–Crippen MR) is 61.8 cm³/mol. The van der Waals surface area contributed by atoms with Crippen LogP contribution in [0.1, 0.15) is 30.1 Å². The summed E-state index contributed by atoms with van der Waals surface area (Å²) in [7, 11) is 0. The van der Waals surface area contributed by atoms with Crippen LogP contribution in [0.4, 0.5) is 5.69 Å². The second-order valence-electron chi connectivity index (χ2n) is 3.89. The third-order valence-electron chi connectivity index (χ3n) is 2.80. The van der Waals surface area contributed by atoms with Crippen molar-refractivity contribution in [3.05, 3.63) is 24.0 Å². The Morgan fingerprint density at radius 2 is 2.44 bits per heavy atom. The highest BCUT2D eigenvalue weighted by Gasteiger charge is 2.32. The molecule has 0 saturated heterocycles. The molecule has 3 N–H and O–H groups in total. The summed E-state index contributed by atoms with van der Waals surface area (Å²) in [6.45, 7) is 2.71. The standard InChI is InChI=1S/C11H16N4O/c1-2-15(8-3-4-8)11(16)9-7-13-6-5-10(9)14-12/h5-8H,2-4,12H2,1H3,(H,13,14). The zero-order chi connectivity index (χ0) is 11.5. The van der Waals surface area contributed by atoms with Gasteiger partial charge >= 0.3 is 0 Å². The first kappa shape index (κ1) is 10.9. The smallest absolute Gasteiger partial charge is 0.257 e. The number of carbonyl (C=O) groups is 1. The maximum Gasteiger partial charge on any atom is 0.257 e. The number of aromatic nitrogens is 1. The lowest BCUT2D eigenvalue weighted by Crippen LogP contribution is -2.33. The molecule has 0 atom stereocenters. The van der Waals surface area contributed by atoms with E-state index in [9.17, 15) is 4.79 Å². The Kier molecular flexibility index (Phi) is 3.05. The zero-order valence-electron chi connectivity index (χ0n) is 9.31. The number of hydrogen-bond acceptors (Lipinski definition) is 4. The average molecular weight is 220 g/mol. The van der Waals surface area contributed by atoms with Crippen LogP contribution >= 0.6 is 0 Å². The van der Waals surface area contributed by atoms with Crippen LogP contribution in [-0.4, -0.2) is 28.4 Å². The minimum atomic E-state index is 0.00560. The number of nitrogens with two attached hydrogens (primary N) is 1. The maximum atomic E-state index is 12.2. The van der Waals surface area contributed by atoms with Gasteiger partial charge in [0.15, 0.2) is 0 Å². The average Bonchev–Trinajstić information content (AvgIpc) is 3.14. The van der Waals surface area contributed by atoms with Crippen LogP contribution in [0, 0.1) is 0 Å². The second-order valence-corrected chi connectivity index (χ2v) is 3.89. The van der Waals surface area contributed by atoms with E-state index < -0.39 is 0 Å². The van der Waals surface area contributed by atoms with E-state index in [1.807, 2.05) is 11.8 Å². The Balaban J connectivity index is 2.24. The SMILES string of the molecule is CCN(C(=O)c1cnccc1NN)C1CC1. The summed E-state index contributed by atoms with van der Waals surface area (Å²) in [5.74, 6) is 5.38. The van der Waals surface area contributed by atoms with Gasteiger partial charge in [-0.1, -0.05) is 0 Å². The molecule has 1 aliphatic rings. The fourth-order valence-electron chi connectivity index (χ4n) is 1.80. The summed E-state index contributed by atoms with van der Waals surface area (Å²) in [5, 5.41) is 0. The number of anilines is 1. The van der Waals surface area contributed by atoms with Crippen molar-refractivity contribution in [2.75, 3.05) is 12.0 Å². The van der Waals surface area contributed by atoms with Crippen molar-refractivity contribution in [2.45, 2.75) is 25.8 Å². The van der Waals surface area contributed by atoms with E-state index in [1.54, 1.807) is 18.5 Å². The highest BCUT2D eigenvalue weighted by molar-refractivity contribution is 5.99. The lowest BCUT2D eigenvalue weighted by atomic mass is 10.2. The van der Waals surface area contributed by atoms with Crippen LogP contribution in [0.25, 0.3) is 0 Å². The molecule has 16 heavy (non-hydrogen) atoms. The Morgan fingerprint density at radius 1 is 1.69 bits per heavy atom. The van der Waals surface area contributed by atoms with Crippen molar-refractivity contribution >= 4 is 11.6 Å². The maximum absolute atomic E-state index is 12.2. The fourth-order valence-corrected chi connectivity index (χ4v) is 1.80. The highest BCUT2D eigenvalue weighted by atomic mass is 16.2. The van der Waals surface area contributed by atoms with Crippen LogP contribution in [0.2, 0.25) is 0 Å². The van der Waals surface area contributed by atoms with Gasteiger partial charge in [0.25, 0.3) is 5.91 Å². The van der Waals surface area contributed by atoms with Gasteiger partial charge in [0, 0.05) is 25.0 Å². The molecule has 86 valence electrons. The van der Waals surface area contributed by atoms with E-state index in [2.05, 4.69) is 10.4 Å². The molecule has 2 rings (SSSR count). The third-order valence-corrected chi connectivity index (χ3v) is 2.80. The Morgan fingerprint density at radius 3 is 3.00 bits per heavy atom. The molecule has 1 aromatic rings. The zero-order valence-corrected chi connectivity index (χ0v) is 9.31. The number of carbonyl (C=O) groups excluding carboxylic acids is 1. The molecule has 5 heteroatoms. The van der Waals surface area contributed by atoms with E-state index in [-0.39, 0.29) is 5.91 Å². The van der Waals surface area contributed by atoms with Crippen LogP contribution in [0.3, 0.4) is 0 Å². The van der Waals surface area contributed by atoms with E-state index in [1.165, 1.54) is 0 Å². The molecule has 0 aliphatic heterocycles. The van der Waals surface area contributed by atoms with Gasteiger partial charge in [-0.25, -0.2) is 0 Å². The molecule has 0 spiro atoms. The van der Waals surface area contributed by atoms with Gasteiger partial charge in [0.2, 0.25) is 0 Å². The summed E-state index contributed by atoms with van der Waals surface area (Å²) in [5.41, 5.74) is 3.69. The number of pyridine rings is 1. The summed E-state index contributed by atoms with van der Waals surface area (Å²) >= 11 is 0. The lowest BCUT2D eigenvalue weighted by Gasteiger charge is -2.21. The molecule has 0 aromatic carbocycles. The fraction of sp³-hybridized carbons (Fsp3) is 0.455. The molecular weight excluding hydrogens is 204 g/mol. The summed E-state index contributed by atoms with van der Waals surface area (Å²) in [4.78, 5) is 18.1. The predicted octanol–water partition coefficient (Wildman–Crippen LogP) is 0.992. The van der Waals surface area contributed by atoms with Gasteiger partial charge in [-0.2, -0.15) is 0 Å². The number of amides is 1. The van der Waals surface area contributed by atoms with Crippen LogP contribution in [0.5, 0.6) is 0 Å². The molecule has 1 aromatic heterocycles. The molecule has 0 bridgehead atoms. The Hall–Kier alpha value is -1.62. The summed E-state index contributed by atoms with van der Waals surface area (Å²) < 4.78 is 0. The third kappa shape index (κ3) is 1.99. The van der Waals surface area contributed by atoms with Crippen LogP contribution in [0.15, 0.2) is 18.5 Å². The molecule has 5 nitrogen and oxygen atoms in total. The summed E-state index contributed by atoms with van der Waals surface area (Å²) in [6, 6.07) is 2.11. The van der Waals surface area contributed by atoms with Crippen molar-refractivity contribution < 1.29 is 4.79 Å². The van der Waals surface area contributed by atoms with Crippen molar-refractivity contribution in [2.24, 2.45) is 5.84 Å². The largest absolute Gasteiger partial charge is 0.336 e. The van der Waals surface area contributed by atoms with Crippen LogP contribution in [-0.2, 0) is 0 Å². The Labute approximate surface area is 94.6 Å². The van der Waals surface area contributed by atoms with Crippen molar-refractivity contribution in [1.82, 2.24) is 9.88 Å². The topological polar surface area (TPSA) is 71.2 Å². The van der Waals surface area contributed by atoms with Gasteiger partial charge in [-0.3, -0.25) is 15.6 Å². The molecule has 1 fully saturated rings. The number of hydrogen-bond donors (Lipinski definition) is 2. The van der Waals surface area contributed by atoms with Crippen molar-refractivity contribution in [3.63, 3.8) is 0 Å². The number of nitrogens with zero attached hydrogens (tertiary/aromatic N) is 2. The minimum absolute atomic E-state index is 0.00560. The lowest BCUT2D eigenvalue weighted by molar-refractivity contribution is 0.0753. The van der Waals surface area contributed by atoms with Crippen molar-refractivity contribution in [1.29, 1.82) is 0 Å². The molecule has 1 aliphatic carbocycles. The molecule has 1 saturated carbocycles. The molecule has 0 radical (unpaired) electrons.